The van der Waals surface area contributed by atoms with Gasteiger partial charge in [0, 0.05) is 23.2 Å². The van der Waals surface area contributed by atoms with E-state index in [4.69, 9.17) is 9.47 Å². The highest BCUT2D eigenvalue weighted by atomic mass is 32.2. The highest BCUT2D eigenvalue weighted by Gasteiger charge is 2.26. The lowest BCUT2D eigenvalue weighted by Gasteiger charge is -2.32. The predicted octanol–water partition coefficient (Wildman–Crippen LogP) is 3.95. The number of benzene rings is 1. The Labute approximate surface area is 178 Å². The Morgan fingerprint density at radius 1 is 1.21 bits per heavy atom. The van der Waals surface area contributed by atoms with Gasteiger partial charge in [0.2, 0.25) is 0 Å². The quantitative estimate of drug-likeness (QED) is 0.505. The van der Waals surface area contributed by atoms with Gasteiger partial charge in [0.1, 0.15) is 5.60 Å². The zero-order chi connectivity index (χ0) is 21.3. The molecule has 0 aromatic heterocycles. The second-order valence-corrected chi connectivity index (χ2v) is 9.49. The first-order valence-electron chi connectivity index (χ1n) is 10.2. The fourth-order valence-corrected chi connectivity index (χ4v) is 4.28. The van der Waals surface area contributed by atoms with E-state index in [-0.39, 0.29) is 24.0 Å². The number of rotatable bonds is 8. The molecule has 1 saturated heterocycles. The second-order valence-electron chi connectivity index (χ2n) is 8.39. The number of piperidine rings is 1. The summed E-state index contributed by atoms with van der Waals surface area (Å²) in [6, 6.07) is 10.2. The largest absolute Gasteiger partial charge is 0.469 e. The van der Waals surface area contributed by atoms with Crippen LogP contribution in [0.2, 0.25) is 0 Å². The third-order valence-corrected chi connectivity index (χ3v) is 6.01. The number of ether oxygens (including phenoxy) is 2. The Balaban J connectivity index is 1.85. The molecule has 1 amide bonds. The third kappa shape index (κ3) is 9.09. The number of carbonyl (C=O) groups excluding carboxylic acids is 2. The number of nitrogens with one attached hydrogen (secondary N) is 1. The average molecular weight is 423 g/mol. The normalized spacial score (nSPS) is 16.8. The molecule has 7 heteroatoms. The number of esters is 1. The topological polar surface area (TPSA) is 67.9 Å². The summed E-state index contributed by atoms with van der Waals surface area (Å²) in [4.78, 5) is 27.5. The van der Waals surface area contributed by atoms with Crippen molar-refractivity contribution in [3.63, 3.8) is 0 Å². The van der Waals surface area contributed by atoms with Gasteiger partial charge in [-0.05, 0) is 65.3 Å². The van der Waals surface area contributed by atoms with E-state index in [9.17, 15) is 9.59 Å². The summed E-state index contributed by atoms with van der Waals surface area (Å²) < 4.78 is 10.3. The molecule has 0 spiro atoms. The Morgan fingerprint density at radius 2 is 1.86 bits per heavy atom. The maximum absolute atomic E-state index is 12.3. The van der Waals surface area contributed by atoms with Gasteiger partial charge in [-0.1, -0.05) is 18.2 Å². The first kappa shape index (κ1) is 23.5. The number of nitrogens with zero attached hydrogens (tertiary/aromatic N) is 1. The molecule has 1 N–H and O–H groups in total. The lowest BCUT2D eigenvalue weighted by atomic mass is 9.97. The fourth-order valence-electron chi connectivity index (χ4n) is 3.28. The van der Waals surface area contributed by atoms with Gasteiger partial charge >= 0.3 is 12.1 Å². The van der Waals surface area contributed by atoms with E-state index in [1.807, 2.05) is 39.0 Å². The molecule has 1 aromatic rings. The number of methoxy groups -OCH3 is 1. The van der Waals surface area contributed by atoms with Crippen LogP contribution in [0, 0.1) is 5.92 Å². The minimum Gasteiger partial charge on any atom is -0.469 e. The van der Waals surface area contributed by atoms with Gasteiger partial charge in [-0.15, -0.1) is 11.8 Å². The number of hydrogen-bond acceptors (Lipinski definition) is 6. The first-order chi connectivity index (χ1) is 13.8. The number of carbonyl (C=O) groups is 2. The summed E-state index contributed by atoms with van der Waals surface area (Å²) in [7, 11) is 1.45. The standard InChI is InChI=1S/C22H34N2O4S/c1-22(2,3)28-21(26)23-18(16-29-19-8-6-5-7-9-19)12-15-24-13-10-17(11-14-24)20(25)27-4/h5-9,17-18H,10-16H2,1-4H3,(H,23,26)/t18-/m1/s1. The Bertz CT molecular complexity index is 640. The van der Waals surface area contributed by atoms with Gasteiger partial charge in [-0.3, -0.25) is 4.79 Å². The second kappa shape index (κ2) is 11.5. The molecule has 1 aromatic carbocycles. The van der Waals surface area contributed by atoms with E-state index in [1.54, 1.807) is 11.8 Å². The van der Waals surface area contributed by atoms with Gasteiger partial charge in [0.15, 0.2) is 0 Å². The molecule has 1 aliphatic heterocycles. The zero-order valence-electron chi connectivity index (χ0n) is 18.0. The van der Waals surface area contributed by atoms with Gasteiger partial charge in [0.25, 0.3) is 0 Å². The summed E-state index contributed by atoms with van der Waals surface area (Å²) in [6.45, 7) is 8.24. The van der Waals surface area contributed by atoms with Crippen molar-refractivity contribution in [1.29, 1.82) is 0 Å². The molecule has 0 saturated carbocycles. The smallest absolute Gasteiger partial charge is 0.407 e. The first-order valence-corrected chi connectivity index (χ1v) is 11.2. The number of likely N-dealkylation sites (tertiary alicyclic amines) is 1. The van der Waals surface area contributed by atoms with E-state index in [0.717, 1.165) is 44.6 Å². The van der Waals surface area contributed by atoms with Crippen LogP contribution in [-0.4, -0.2) is 61.1 Å². The summed E-state index contributed by atoms with van der Waals surface area (Å²) in [5.41, 5.74) is -0.517. The highest BCUT2D eigenvalue weighted by Crippen LogP contribution is 2.21. The van der Waals surface area contributed by atoms with Crippen molar-refractivity contribution >= 4 is 23.8 Å². The zero-order valence-corrected chi connectivity index (χ0v) is 18.8. The molecule has 6 nitrogen and oxygen atoms in total. The molecule has 162 valence electrons. The van der Waals surface area contributed by atoms with Crippen LogP contribution >= 0.6 is 11.8 Å². The van der Waals surface area contributed by atoms with Crippen LogP contribution in [0.3, 0.4) is 0 Å². The van der Waals surface area contributed by atoms with Crippen molar-refractivity contribution in [3.05, 3.63) is 30.3 Å². The highest BCUT2D eigenvalue weighted by molar-refractivity contribution is 7.99. The predicted molar refractivity (Wildman–Crippen MR) is 116 cm³/mol. The molecular formula is C22H34N2O4S. The summed E-state index contributed by atoms with van der Waals surface area (Å²) >= 11 is 1.73. The van der Waals surface area contributed by atoms with E-state index in [2.05, 4.69) is 22.3 Å². The molecule has 2 rings (SSSR count). The molecule has 29 heavy (non-hydrogen) atoms. The monoisotopic (exact) mass is 422 g/mol. The van der Waals surface area contributed by atoms with E-state index >= 15 is 0 Å². The summed E-state index contributed by atoms with van der Waals surface area (Å²) in [5, 5.41) is 3.04. The molecule has 1 heterocycles. The van der Waals surface area contributed by atoms with Gasteiger partial charge in [-0.25, -0.2) is 4.79 Å². The van der Waals surface area contributed by atoms with Crippen LogP contribution in [0.5, 0.6) is 0 Å². The van der Waals surface area contributed by atoms with Crippen molar-refractivity contribution in [2.75, 3.05) is 32.5 Å². The van der Waals surface area contributed by atoms with E-state index < -0.39 is 5.60 Å². The summed E-state index contributed by atoms with van der Waals surface area (Å²) in [5.74, 6) is 0.691. The molecular weight excluding hydrogens is 388 g/mol. The maximum atomic E-state index is 12.3. The van der Waals surface area contributed by atoms with Gasteiger partial charge in [0.05, 0.1) is 13.0 Å². The Morgan fingerprint density at radius 3 is 2.45 bits per heavy atom. The lowest BCUT2D eigenvalue weighted by Crippen LogP contribution is -2.43. The number of hydrogen-bond donors (Lipinski definition) is 1. The average Bonchev–Trinajstić information content (AvgIpc) is 2.69. The number of alkyl carbamates (subject to hydrolysis) is 1. The van der Waals surface area contributed by atoms with Crippen molar-refractivity contribution in [3.8, 4) is 0 Å². The minimum atomic E-state index is -0.517. The van der Waals surface area contributed by atoms with Crippen LogP contribution in [0.1, 0.15) is 40.0 Å². The van der Waals surface area contributed by atoms with Crippen LogP contribution in [-0.2, 0) is 14.3 Å². The van der Waals surface area contributed by atoms with E-state index in [1.165, 1.54) is 12.0 Å². The molecule has 0 bridgehead atoms. The van der Waals surface area contributed by atoms with Crippen molar-refractivity contribution in [2.24, 2.45) is 5.92 Å². The molecule has 0 aliphatic carbocycles. The molecule has 0 radical (unpaired) electrons. The van der Waals surface area contributed by atoms with Gasteiger partial charge < -0.3 is 19.7 Å². The molecule has 1 fully saturated rings. The molecule has 0 unspecified atom stereocenters. The van der Waals surface area contributed by atoms with Crippen LogP contribution < -0.4 is 5.32 Å². The number of amides is 1. The van der Waals surface area contributed by atoms with Gasteiger partial charge in [-0.2, -0.15) is 0 Å². The lowest BCUT2D eigenvalue weighted by molar-refractivity contribution is -0.147. The number of thioether (sulfide) groups is 1. The molecule has 1 aliphatic rings. The van der Waals surface area contributed by atoms with Crippen molar-refractivity contribution in [2.45, 2.75) is 56.6 Å². The van der Waals surface area contributed by atoms with Crippen molar-refractivity contribution in [1.82, 2.24) is 10.2 Å². The van der Waals surface area contributed by atoms with Crippen molar-refractivity contribution < 1.29 is 19.1 Å². The Hall–Kier alpha value is -1.73. The SMILES string of the molecule is COC(=O)C1CCN(CC[C@H](CSc2ccccc2)NC(=O)OC(C)(C)C)CC1. The Kier molecular flexibility index (Phi) is 9.30. The fraction of sp³-hybridized carbons (Fsp3) is 0.636. The minimum absolute atomic E-state index is 0.00777. The van der Waals surface area contributed by atoms with Crippen LogP contribution in [0.15, 0.2) is 35.2 Å². The summed E-state index contributed by atoms with van der Waals surface area (Å²) in [6.07, 6.45) is 2.12. The van der Waals surface area contributed by atoms with E-state index in [0.29, 0.717) is 0 Å². The molecule has 1 atom stereocenters. The third-order valence-electron chi connectivity index (χ3n) is 4.83. The van der Waals surface area contributed by atoms with Crippen LogP contribution in [0.4, 0.5) is 4.79 Å². The maximum Gasteiger partial charge on any atom is 0.407 e. The van der Waals surface area contributed by atoms with Crippen LogP contribution in [0.25, 0.3) is 0 Å².